The molecule has 2 amide bonds. The molecule has 3 aromatic heterocycles. The number of carbonyl (C=O) groups is 4. The Morgan fingerprint density at radius 1 is 0.667 bits per heavy atom. The van der Waals surface area contributed by atoms with Crippen LogP contribution in [0, 0.1) is 17.8 Å². The fraction of sp³-hybridized carbons (Fsp3) is 0.314. The third kappa shape index (κ3) is 21.7. The van der Waals surface area contributed by atoms with E-state index < -0.39 is 52.4 Å². The number of hydrogen-bond donors (Lipinski definition) is 3. The van der Waals surface area contributed by atoms with Crippen molar-refractivity contribution < 1.29 is 51.3 Å². The summed E-state index contributed by atoms with van der Waals surface area (Å²) in [6.07, 6.45) is -0.932. The molecule has 0 aliphatic carbocycles. The lowest BCUT2D eigenvalue weighted by atomic mass is 10.2. The topological polar surface area (TPSA) is 207 Å². The normalized spacial score (nSPS) is 10.3. The number of nitrogens with one attached hydrogen (secondary N) is 1. The molecule has 0 aliphatic heterocycles. The Labute approximate surface area is 428 Å². The van der Waals surface area contributed by atoms with Gasteiger partial charge in [0.25, 0.3) is 5.24 Å². The van der Waals surface area contributed by atoms with Gasteiger partial charge >= 0.3 is 18.2 Å². The number of ether oxygens (including phenoxy) is 2. The number of aromatic carboxylic acids is 1. The van der Waals surface area contributed by atoms with Crippen LogP contribution in [0.2, 0.25) is 0 Å². The number of allylic oxidation sites excluding steroid dienone is 1. The van der Waals surface area contributed by atoms with Gasteiger partial charge in [-0.2, -0.15) is 23.1 Å². The van der Waals surface area contributed by atoms with Crippen LogP contribution < -0.4 is 20.9 Å². The molecule has 0 unspecified atom stereocenters. The molecule has 0 spiro atoms. The largest absolute Gasteiger partial charge is 0.478 e. The van der Waals surface area contributed by atoms with E-state index in [1.54, 1.807) is 98.1 Å². The van der Waals surface area contributed by atoms with Crippen molar-refractivity contribution in [2.24, 2.45) is 0 Å². The van der Waals surface area contributed by atoms with Gasteiger partial charge in [-0.15, -0.1) is 0 Å². The summed E-state index contributed by atoms with van der Waals surface area (Å²) < 4.78 is 52.8. The number of amides is 2. The predicted octanol–water partition coefficient (Wildman–Crippen LogP) is 12.9. The summed E-state index contributed by atoms with van der Waals surface area (Å²) in [6, 6.07) is 24.9. The molecule has 6 aromatic rings. The van der Waals surface area contributed by atoms with Crippen LogP contribution in [0.5, 0.6) is 0 Å². The first kappa shape index (κ1) is 62.6. The molecular formula is C51H63Cl2F3N8O8. The zero-order chi connectivity index (χ0) is 54.0. The Balaban J connectivity index is 0.000000464. The van der Waals surface area contributed by atoms with Crippen LogP contribution in [0.25, 0.3) is 22.7 Å². The fourth-order valence-electron chi connectivity index (χ4n) is 5.08. The maximum atomic E-state index is 12.9. The van der Waals surface area contributed by atoms with Crippen molar-refractivity contribution in [2.75, 3.05) is 56.1 Å². The molecule has 0 saturated carbocycles. The number of oxazole rings is 1. The minimum absolute atomic E-state index is 0. The van der Waals surface area contributed by atoms with Gasteiger partial charge in [-0.25, -0.2) is 19.4 Å². The molecule has 3 aromatic carbocycles. The van der Waals surface area contributed by atoms with Crippen LogP contribution in [0.4, 0.5) is 45.5 Å². The molecule has 390 valence electrons. The molecule has 0 atom stereocenters. The van der Waals surface area contributed by atoms with Gasteiger partial charge < -0.3 is 34.9 Å². The first-order chi connectivity index (χ1) is 32.9. The molecular weight excluding hydrogens is 981 g/mol. The third-order valence-corrected chi connectivity index (χ3v) is 9.54. The number of hydrogen-bond acceptors (Lipinski definition) is 13. The van der Waals surface area contributed by atoms with E-state index in [0.717, 1.165) is 34.1 Å². The van der Waals surface area contributed by atoms with Crippen molar-refractivity contribution in [3.05, 3.63) is 137 Å². The Kier molecular flexibility index (Phi) is 24.8. The van der Waals surface area contributed by atoms with Gasteiger partial charge in [0.05, 0.1) is 11.3 Å². The first-order valence-electron chi connectivity index (χ1n) is 21.3. The van der Waals surface area contributed by atoms with E-state index >= 15 is 0 Å². The number of nitrogen functional groups attached to an aromatic ring is 1. The van der Waals surface area contributed by atoms with Crippen molar-refractivity contribution in [1.82, 2.24) is 19.9 Å². The summed E-state index contributed by atoms with van der Waals surface area (Å²) in [5, 5.41) is 12.1. The number of carboxylic acids is 1. The average molecular weight is 1040 g/mol. The molecule has 3 heterocycles. The van der Waals surface area contributed by atoms with Crippen LogP contribution >= 0.6 is 23.2 Å². The molecule has 21 heteroatoms. The van der Waals surface area contributed by atoms with E-state index in [2.05, 4.69) is 20.3 Å². The summed E-state index contributed by atoms with van der Waals surface area (Å²) in [7, 11) is 8.88. The standard InChI is InChI=1S/C13H16ClNO3.C13H10FN3O.C13H17NO4.C6H12ClN.C5H4F2N2.CH4/c1-13(2,3)18-12(17)15(4)10-7-5-9(6-8-10)11(14)16;1-15-9-4-2-8(3-5-9)12-16-10-6-7-11(14)17-13(10)18-12;1-13(2,3)18-12(17)14(4)10-7-5-9(6-8-10)11(15)16;1-5(2)6(7)8(3)4;6-4-2-1-3(8)5(7)9-4;/h5-8H,1-4H3;2-7,15H,1H3;5-8H,1-4H3,(H,15,16);1-4H3;1-2H,8H2;1H4. The van der Waals surface area contributed by atoms with Crippen molar-refractivity contribution in [3.63, 3.8) is 0 Å². The zero-order valence-corrected chi connectivity index (χ0v) is 43.2. The maximum absolute atomic E-state index is 12.9. The number of pyridine rings is 2. The van der Waals surface area contributed by atoms with E-state index in [-0.39, 0.29) is 24.4 Å². The van der Waals surface area contributed by atoms with Crippen molar-refractivity contribution in [2.45, 2.75) is 74.0 Å². The minimum Gasteiger partial charge on any atom is -0.478 e. The van der Waals surface area contributed by atoms with Gasteiger partial charge in [0.1, 0.15) is 21.9 Å². The smallest absolute Gasteiger partial charge is 0.414 e. The molecule has 6 rings (SSSR count). The van der Waals surface area contributed by atoms with Crippen LogP contribution in [0.3, 0.4) is 0 Å². The highest BCUT2D eigenvalue weighted by molar-refractivity contribution is 6.67. The van der Waals surface area contributed by atoms with Crippen LogP contribution in [-0.4, -0.2) is 94.8 Å². The maximum Gasteiger partial charge on any atom is 0.414 e. The van der Waals surface area contributed by atoms with Gasteiger partial charge in [0.2, 0.25) is 29.4 Å². The summed E-state index contributed by atoms with van der Waals surface area (Å²) in [6.45, 7) is 14.7. The van der Waals surface area contributed by atoms with Gasteiger partial charge in [0, 0.05) is 63.4 Å². The Bertz CT molecular complexity index is 2650. The second-order valence-corrected chi connectivity index (χ2v) is 18.0. The Morgan fingerprint density at radius 2 is 1.11 bits per heavy atom. The second kappa shape index (κ2) is 28.5. The van der Waals surface area contributed by atoms with Gasteiger partial charge in [-0.05, 0) is 170 Å². The van der Waals surface area contributed by atoms with Crippen LogP contribution in [-0.2, 0) is 9.47 Å². The van der Waals surface area contributed by atoms with Crippen molar-refractivity contribution in [1.29, 1.82) is 0 Å². The number of nitrogens with zero attached hydrogens (tertiary/aromatic N) is 6. The van der Waals surface area contributed by atoms with Crippen molar-refractivity contribution in [3.8, 4) is 11.5 Å². The van der Waals surface area contributed by atoms with Crippen LogP contribution in [0.1, 0.15) is 83.5 Å². The summed E-state index contributed by atoms with van der Waals surface area (Å²) in [5.74, 6) is -2.96. The minimum atomic E-state index is -0.999. The van der Waals surface area contributed by atoms with E-state index in [4.69, 9.17) is 47.9 Å². The van der Waals surface area contributed by atoms with Crippen molar-refractivity contribution >= 4 is 80.6 Å². The molecule has 0 aliphatic rings. The number of fused-ring (bicyclic) bond motifs is 1. The Hall–Kier alpha value is -7.38. The molecule has 0 bridgehead atoms. The lowest BCUT2D eigenvalue weighted by molar-refractivity contribution is 0.0578. The number of carbonyl (C=O) groups excluding carboxylic acids is 3. The fourth-order valence-corrected chi connectivity index (χ4v) is 5.21. The molecule has 72 heavy (non-hydrogen) atoms. The number of nitrogens with two attached hydrogens (primary N) is 1. The van der Waals surface area contributed by atoms with Crippen LogP contribution in [0.15, 0.2) is 112 Å². The average Bonchev–Trinajstić information content (AvgIpc) is 3.72. The highest BCUT2D eigenvalue weighted by Gasteiger charge is 2.22. The highest BCUT2D eigenvalue weighted by Crippen LogP contribution is 2.25. The lowest BCUT2D eigenvalue weighted by Crippen LogP contribution is -2.34. The molecule has 4 N–H and O–H groups in total. The summed E-state index contributed by atoms with van der Waals surface area (Å²) >= 11 is 11.1. The highest BCUT2D eigenvalue weighted by atomic mass is 35.5. The lowest BCUT2D eigenvalue weighted by Gasteiger charge is -2.24. The number of halogens is 5. The second-order valence-electron chi connectivity index (χ2n) is 17.3. The number of aromatic nitrogens is 3. The number of benzene rings is 3. The predicted molar refractivity (Wildman–Crippen MR) is 279 cm³/mol. The zero-order valence-electron chi connectivity index (χ0n) is 41.7. The van der Waals surface area contributed by atoms with Gasteiger partial charge in [-0.1, -0.05) is 19.0 Å². The van der Waals surface area contributed by atoms with E-state index in [1.807, 2.05) is 64.2 Å². The molecule has 16 nitrogen and oxygen atoms in total. The van der Waals surface area contributed by atoms with Gasteiger partial charge in [-0.3, -0.25) is 14.6 Å². The van der Waals surface area contributed by atoms with E-state index in [1.165, 1.54) is 28.0 Å². The number of carboxylic acid groups (broad SMARTS) is 1. The number of rotatable bonds is 7. The third-order valence-electron chi connectivity index (χ3n) is 8.61. The van der Waals surface area contributed by atoms with E-state index in [0.29, 0.717) is 28.3 Å². The Morgan fingerprint density at radius 3 is 1.47 bits per heavy atom. The SMILES string of the molecule is C.CC(C)=C(Cl)N(C)C.CN(C(=O)OC(C)(C)C)c1ccc(C(=O)Cl)cc1.CN(C(=O)OC(C)(C)C)c1ccc(C(=O)O)cc1.CNc1ccc(-c2nc3ccc(F)nc3o2)cc1.Nc1ccc(F)nc1F. The number of anilines is 4. The quantitative estimate of drug-likeness (QED) is 0.0773. The monoisotopic (exact) mass is 1040 g/mol. The molecule has 0 radical (unpaired) electrons. The molecule has 0 saturated heterocycles. The summed E-state index contributed by atoms with van der Waals surface area (Å²) in [4.78, 5) is 60.5. The summed E-state index contributed by atoms with van der Waals surface area (Å²) in [5.41, 5.74) is 9.24. The molecule has 0 fully saturated rings. The van der Waals surface area contributed by atoms with E-state index in [9.17, 15) is 32.3 Å². The van der Waals surface area contributed by atoms with Gasteiger partial charge in [0.15, 0.2) is 0 Å². The first-order valence-corrected chi connectivity index (χ1v) is 22.0.